The smallest absolute Gasteiger partial charge is 0.185 e. The van der Waals surface area contributed by atoms with E-state index in [0.29, 0.717) is 35.1 Å². The quantitative estimate of drug-likeness (QED) is 0.180. The maximum atomic E-state index is 12.8. The average molecular weight is 453 g/mol. The molecule has 0 bridgehead atoms. The molecule has 0 spiro atoms. The summed E-state index contributed by atoms with van der Waals surface area (Å²) >= 11 is 0. The van der Waals surface area contributed by atoms with Crippen LogP contribution in [0.3, 0.4) is 0 Å². The minimum Gasteiger partial charge on any atom is -0.507 e. The van der Waals surface area contributed by atoms with Gasteiger partial charge < -0.3 is 10.2 Å². The number of ketones is 1. The number of phenols is 2. The van der Waals surface area contributed by atoms with Crippen LogP contribution in [0.5, 0.6) is 11.5 Å². The van der Waals surface area contributed by atoms with Gasteiger partial charge in [0.2, 0.25) is 0 Å². The second kappa shape index (κ2) is 11.9. The lowest BCUT2D eigenvalue weighted by Gasteiger charge is -2.13. The van der Waals surface area contributed by atoms with Crippen LogP contribution in [0.25, 0.3) is 17.2 Å². The van der Waals surface area contributed by atoms with Crippen LogP contribution in [0.2, 0.25) is 0 Å². The van der Waals surface area contributed by atoms with E-state index in [0.717, 1.165) is 30.4 Å². The van der Waals surface area contributed by atoms with Crippen molar-refractivity contribution in [2.75, 3.05) is 0 Å². The Bertz CT molecular complexity index is 1200. The molecule has 174 valence electrons. The molecule has 3 rings (SSSR count). The van der Waals surface area contributed by atoms with E-state index in [2.05, 4.69) is 20.1 Å². The number of allylic oxidation sites excluding steroid dienone is 3. The predicted molar refractivity (Wildman–Crippen MR) is 141 cm³/mol. The van der Waals surface area contributed by atoms with Gasteiger partial charge in [0.1, 0.15) is 11.5 Å². The van der Waals surface area contributed by atoms with Crippen molar-refractivity contribution in [1.82, 2.24) is 0 Å². The summed E-state index contributed by atoms with van der Waals surface area (Å²) in [6.45, 7) is 9.74. The van der Waals surface area contributed by atoms with E-state index in [1.807, 2.05) is 48.5 Å². The lowest BCUT2D eigenvalue weighted by Crippen LogP contribution is -1.95. The lowest BCUT2D eigenvalue weighted by molar-refractivity contribution is 0.104. The zero-order valence-corrected chi connectivity index (χ0v) is 19.8. The zero-order chi connectivity index (χ0) is 24.5. The van der Waals surface area contributed by atoms with E-state index in [1.54, 1.807) is 24.3 Å². The first-order chi connectivity index (χ1) is 16.5. The Morgan fingerprint density at radius 1 is 0.853 bits per heavy atom. The molecule has 0 aliphatic rings. The van der Waals surface area contributed by atoms with Gasteiger partial charge in [0.05, 0.1) is 0 Å². The molecule has 3 nitrogen and oxygen atoms in total. The van der Waals surface area contributed by atoms with Crippen LogP contribution in [-0.2, 0) is 19.3 Å². The molecule has 0 amide bonds. The number of aryl methyl sites for hydroxylation is 1. The Morgan fingerprint density at radius 2 is 1.50 bits per heavy atom. The third-order valence-corrected chi connectivity index (χ3v) is 5.78. The number of unbranched alkanes of at least 4 members (excludes halogenated alkanes) is 1. The van der Waals surface area contributed by atoms with Crippen molar-refractivity contribution in [3.63, 3.8) is 0 Å². The van der Waals surface area contributed by atoms with Gasteiger partial charge in [0, 0.05) is 22.3 Å². The van der Waals surface area contributed by atoms with Crippen LogP contribution in [0.1, 0.15) is 52.4 Å². The highest BCUT2D eigenvalue weighted by Crippen LogP contribution is 2.39. The molecule has 0 aliphatic carbocycles. The molecule has 3 heteroatoms. The zero-order valence-electron chi connectivity index (χ0n) is 19.8. The third kappa shape index (κ3) is 6.14. The fourth-order valence-electron chi connectivity index (χ4n) is 3.91. The minimum atomic E-state index is -0.132. The Morgan fingerprint density at radius 3 is 2.18 bits per heavy atom. The van der Waals surface area contributed by atoms with Gasteiger partial charge in [-0.3, -0.25) is 4.79 Å². The molecule has 0 atom stereocenters. The summed E-state index contributed by atoms with van der Waals surface area (Å²) in [6, 6.07) is 16.7. The Kier molecular flexibility index (Phi) is 8.64. The Balaban J connectivity index is 1.95. The van der Waals surface area contributed by atoms with Crippen LogP contribution in [0.15, 0.2) is 86.0 Å². The number of phenolic OH excluding ortho intramolecular Hbond substituents is 2. The number of carbonyl (C=O) groups excluding carboxylic acids is 1. The molecular formula is C31H32O3. The molecule has 0 aromatic heterocycles. The van der Waals surface area contributed by atoms with Crippen LogP contribution >= 0.6 is 0 Å². The van der Waals surface area contributed by atoms with Gasteiger partial charge in [0.15, 0.2) is 5.78 Å². The topological polar surface area (TPSA) is 57.5 Å². The molecule has 34 heavy (non-hydrogen) atoms. The second-order valence-electron chi connectivity index (χ2n) is 8.42. The molecule has 0 unspecified atom stereocenters. The molecule has 0 fully saturated rings. The highest BCUT2D eigenvalue weighted by molar-refractivity contribution is 6.07. The predicted octanol–water partition coefficient (Wildman–Crippen LogP) is 7.46. The van der Waals surface area contributed by atoms with Gasteiger partial charge in [-0.15, -0.1) is 13.2 Å². The molecule has 0 radical (unpaired) electrons. The minimum absolute atomic E-state index is 0.0119. The SMILES string of the molecule is C=CCc1ccc(O)c(-c2cc(CC=C)cc(C=CC(=O)c3ccc(CCCC)cc3)c2O)c1. The van der Waals surface area contributed by atoms with Gasteiger partial charge in [-0.2, -0.15) is 0 Å². The number of aromatic hydroxyl groups is 2. The number of benzene rings is 3. The second-order valence-corrected chi connectivity index (χ2v) is 8.42. The average Bonchev–Trinajstić information content (AvgIpc) is 2.84. The van der Waals surface area contributed by atoms with Crippen molar-refractivity contribution in [2.45, 2.75) is 39.0 Å². The molecule has 3 aromatic carbocycles. The number of hydrogen-bond donors (Lipinski definition) is 2. The summed E-state index contributed by atoms with van der Waals surface area (Å²) in [7, 11) is 0. The molecule has 0 aliphatic heterocycles. The van der Waals surface area contributed by atoms with E-state index in [9.17, 15) is 15.0 Å². The molecule has 2 N–H and O–H groups in total. The summed E-state index contributed by atoms with van der Waals surface area (Å²) in [5.74, 6) is -0.0428. The van der Waals surface area contributed by atoms with Crippen molar-refractivity contribution in [2.24, 2.45) is 0 Å². The van der Waals surface area contributed by atoms with Gasteiger partial charge in [-0.1, -0.05) is 55.8 Å². The molecule has 0 saturated carbocycles. The lowest BCUT2D eigenvalue weighted by atomic mass is 9.94. The van der Waals surface area contributed by atoms with Gasteiger partial charge in [0.25, 0.3) is 0 Å². The Labute approximate surface area is 202 Å². The number of rotatable bonds is 11. The first-order valence-electron chi connectivity index (χ1n) is 11.7. The largest absolute Gasteiger partial charge is 0.507 e. The highest BCUT2D eigenvalue weighted by atomic mass is 16.3. The van der Waals surface area contributed by atoms with Crippen molar-refractivity contribution >= 4 is 11.9 Å². The summed E-state index contributed by atoms with van der Waals surface area (Å²) in [5, 5.41) is 21.6. The van der Waals surface area contributed by atoms with E-state index < -0.39 is 0 Å². The summed E-state index contributed by atoms with van der Waals surface area (Å²) < 4.78 is 0. The van der Waals surface area contributed by atoms with Crippen LogP contribution in [0, 0.1) is 0 Å². The first kappa shape index (κ1) is 24.8. The third-order valence-electron chi connectivity index (χ3n) is 5.78. The Hall–Kier alpha value is -3.85. The summed E-state index contributed by atoms with van der Waals surface area (Å²) in [5.41, 5.74) is 5.28. The van der Waals surface area contributed by atoms with Crippen LogP contribution in [-0.4, -0.2) is 16.0 Å². The fraction of sp³-hybridized carbons (Fsp3) is 0.194. The van der Waals surface area contributed by atoms with Crippen molar-refractivity contribution in [3.05, 3.63) is 114 Å². The van der Waals surface area contributed by atoms with E-state index in [1.165, 1.54) is 11.6 Å². The van der Waals surface area contributed by atoms with E-state index in [4.69, 9.17) is 0 Å². The number of hydrogen-bond acceptors (Lipinski definition) is 3. The highest BCUT2D eigenvalue weighted by Gasteiger charge is 2.15. The van der Waals surface area contributed by atoms with Gasteiger partial charge in [-0.25, -0.2) is 0 Å². The van der Waals surface area contributed by atoms with Crippen LogP contribution in [0.4, 0.5) is 0 Å². The monoisotopic (exact) mass is 452 g/mol. The number of carbonyl (C=O) groups is 1. The summed E-state index contributed by atoms with van der Waals surface area (Å²) in [4.78, 5) is 12.8. The molecule has 0 heterocycles. The van der Waals surface area contributed by atoms with Crippen molar-refractivity contribution in [1.29, 1.82) is 0 Å². The van der Waals surface area contributed by atoms with E-state index >= 15 is 0 Å². The summed E-state index contributed by atoms with van der Waals surface area (Å²) in [6.07, 6.45) is 11.2. The normalized spacial score (nSPS) is 11.0. The standard InChI is InChI=1S/C31H32O3/c1-4-7-10-22-11-14-25(15-12-22)29(32)18-16-26-19-24(9-6-3)21-28(31(26)34)27-20-23(8-5-2)13-17-30(27)33/h5-6,11-21,33-34H,2-4,7-10H2,1H3. The fourth-order valence-corrected chi connectivity index (χ4v) is 3.91. The molecular weight excluding hydrogens is 420 g/mol. The van der Waals surface area contributed by atoms with Gasteiger partial charge >= 0.3 is 0 Å². The van der Waals surface area contributed by atoms with Crippen LogP contribution < -0.4 is 0 Å². The van der Waals surface area contributed by atoms with Crippen molar-refractivity contribution in [3.8, 4) is 22.6 Å². The van der Waals surface area contributed by atoms with Gasteiger partial charge in [-0.05, 0) is 78.8 Å². The maximum absolute atomic E-state index is 12.8. The molecule has 3 aromatic rings. The van der Waals surface area contributed by atoms with Crippen molar-refractivity contribution < 1.29 is 15.0 Å². The van der Waals surface area contributed by atoms with E-state index in [-0.39, 0.29) is 17.3 Å². The maximum Gasteiger partial charge on any atom is 0.185 e. The molecule has 0 saturated heterocycles. The first-order valence-corrected chi connectivity index (χ1v) is 11.7.